The summed E-state index contributed by atoms with van der Waals surface area (Å²) < 4.78 is 0. The van der Waals surface area contributed by atoms with Crippen molar-refractivity contribution < 1.29 is 4.79 Å². The van der Waals surface area contributed by atoms with Gasteiger partial charge in [0.15, 0.2) is 11.5 Å². The van der Waals surface area contributed by atoms with Crippen molar-refractivity contribution in [3.05, 3.63) is 16.9 Å². The number of aromatic nitrogens is 2. The van der Waals surface area contributed by atoms with E-state index in [9.17, 15) is 9.70 Å². The third-order valence-corrected chi connectivity index (χ3v) is 1.65. The molecule has 0 spiro atoms. The van der Waals surface area contributed by atoms with Crippen molar-refractivity contribution >= 4 is 17.4 Å². The van der Waals surface area contributed by atoms with Crippen molar-refractivity contribution in [2.45, 2.75) is 0 Å². The lowest BCUT2D eigenvalue weighted by atomic mass is 10.3. The molecular weight excluding hydrogens is 174 g/mol. The Bertz CT molecular complexity index is 377. The van der Waals surface area contributed by atoms with Crippen LogP contribution in [0.25, 0.3) is 0 Å². The summed E-state index contributed by atoms with van der Waals surface area (Å²) in [6.07, 6.45) is 1.21. The second-order valence-electron chi connectivity index (χ2n) is 2.37. The highest BCUT2D eigenvalue weighted by molar-refractivity contribution is 6.01. The minimum Gasteiger partial charge on any atom is -0.363 e. The number of rotatable bonds is 1. The maximum atomic E-state index is 10.9. The molecule has 0 saturated carbocycles. The van der Waals surface area contributed by atoms with E-state index in [0.717, 1.165) is 0 Å². The molecule has 2 rings (SSSR count). The van der Waals surface area contributed by atoms with Crippen molar-refractivity contribution in [2.75, 3.05) is 17.3 Å². The predicted octanol–water partition coefficient (Wildman–Crippen LogP) is 0.178. The summed E-state index contributed by atoms with van der Waals surface area (Å²) in [5.41, 5.74) is 0.442. The van der Waals surface area contributed by atoms with Gasteiger partial charge in [0.25, 0.3) is 0 Å². The van der Waals surface area contributed by atoms with E-state index < -0.39 is 5.91 Å². The fraction of sp³-hybridized carbons (Fsp3) is 0.167. The number of nitrogens with zero attached hydrogens (tertiary/aromatic N) is 3. The number of hydrogen-bond donors (Lipinski definition) is 2. The monoisotopic (exact) mass is 179 g/mol. The fourth-order valence-corrected chi connectivity index (χ4v) is 1.11. The Kier molecular flexibility index (Phi) is 1.62. The zero-order valence-corrected chi connectivity index (χ0v) is 6.44. The zero-order valence-electron chi connectivity index (χ0n) is 6.44. The number of amides is 1. The van der Waals surface area contributed by atoms with Gasteiger partial charge in [0.1, 0.15) is 12.0 Å². The highest BCUT2D eigenvalue weighted by Crippen LogP contribution is 2.25. The molecule has 13 heavy (non-hydrogen) atoms. The van der Waals surface area contributed by atoms with Crippen molar-refractivity contribution in [1.29, 1.82) is 0 Å². The number of fused-ring (bicyclic) bond motifs is 1. The zero-order chi connectivity index (χ0) is 9.26. The SMILES string of the molecule is O=NC(=O)c1ncnc2c1NCN2. The number of nitrogens with one attached hydrogen (secondary N) is 2. The van der Waals surface area contributed by atoms with Crippen LogP contribution in [0, 0.1) is 4.91 Å². The second kappa shape index (κ2) is 2.77. The lowest BCUT2D eigenvalue weighted by Crippen LogP contribution is -2.03. The standard InChI is InChI=1S/C6H5N5O2/c12-6(11-13)4-3-5(9-1-7-3)10-2-8-4/h2,7H,1H2,(H,8,9,10). The van der Waals surface area contributed by atoms with E-state index in [1.807, 2.05) is 0 Å². The summed E-state index contributed by atoms with van der Waals surface area (Å²) in [6.45, 7) is 0.465. The lowest BCUT2D eigenvalue weighted by molar-refractivity contribution is 0.0997. The van der Waals surface area contributed by atoms with Gasteiger partial charge >= 0.3 is 5.91 Å². The molecule has 2 heterocycles. The van der Waals surface area contributed by atoms with Crippen LogP contribution in [0.3, 0.4) is 0 Å². The highest BCUT2D eigenvalue weighted by Gasteiger charge is 2.21. The topological polar surface area (TPSA) is 96.3 Å². The van der Waals surface area contributed by atoms with Crippen LogP contribution in [0.4, 0.5) is 11.5 Å². The number of nitroso groups, excluding NO2 is 1. The van der Waals surface area contributed by atoms with E-state index in [1.165, 1.54) is 6.33 Å². The van der Waals surface area contributed by atoms with Crippen LogP contribution >= 0.6 is 0 Å². The Balaban J connectivity index is 2.53. The van der Waals surface area contributed by atoms with Crippen LogP contribution in [0.1, 0.15) is 10.5 Å². The van der Waals surface area contributed by atoms with Crippen LogP contribution < -0.4 is 10.6 Å². The number of carbonyl (C=O) groups is 1. The van der Waals surface area contributed by atoms with Gasteiger partial charge in [-0.2, -0.15) is 0 Å². The van der Waals surface area contributed by atoms with Crippen LogP contribution in [-0.2, 0) is 0 Å². The average molecular weight is 179 g/mol. The molecule has 7 nitrogen and oxygen atoms in total. The second-order valence-corrected chi connectivity index (χ2v) is 2.37. The number of carbonyl (C=O) groups excluding carboxylic acids is 1. The third kappa shape index (κ3) is 1.10. The fourth-order valence-electron chi connectivity index (χ4n) is 1.11. The number of hydrogen-bond acceptors (Lipinski definition) is 6. The third-order valence-electron chi connectivity index (χ3n) is 1.65. The average Bonchev–Trinajstić information content (AvgIpc) is 2.63. The molecular formula is C6H5N5O2. The first-order chi connectivity index (χ1) is 6.33. The van der Waals surface area contributed by atoms with E-state index in [0.29, 0.717) is 18.2 Å². The summed E-state index contributed by atoms with van der Waals surface area (Å²) in [5, 5.41) is 7.98. The van der Waals surface area contributed by atoms with Gasteiger partial charge in [-0.15, -0.1) is 4.91 Å². The molecule has 2 N–H and O–H groups in total. The largest absolute Gasteiger partial charge is 0.363 e. The summed E-state index contributed by atoms with van der Waals surface area (Å²) in [7, 11) is 0. The smallest absolute Gasteiger partial charge is 0.337 e. The lowest BCUT2D eigenvalue weighted by Gasteiger charge is -1.99. The molecule has 0 unspecified atom stereocenters. The van der Waals surface area contributed by atoms with E-state index in [1.54, 1.807) is 0 Å². The molecule has 0 aliphatic carbocycles. The van der Waals surface area contributed by atoms with E-state index >= 15 is 0 Å². The Morgan fingerprint density at radius 2 is 2.31 bits per heavy atom. The van der Waals surface area contributed by atoms with Gasteiger partial charge in [0, 0.05) is 5.18 Å². The quantitative estimate of drug-likeness (QED) is 0.597. The first-order valence-electron chi connectivity index (χ1n) is 3.53. The molecule has 0 bridgehead atoms. The summed E-state index contributed by atoms with van der Waals surface area (Å²) >= 11 is 0. The van der Waals surface area contributed by atoms with Crippen molar-refractivity contribution in [3.8, 4) is 0 Å². The van der Waals surface area contributed by atoms with Gasteiger partial charge in [0.2, 0.25) is 0 Å². The molecule has 0 atom stereocenters. The maximum absolute atomic E-state index is 10.9. The molecule has 0 radical (unpaired) electrons. The molecule has 1 aromatic heterocycles. The van der Waals surface area contributed by atoms with Gasteiger partial charge in [-0.1, -0.05) is 0 Å². The Hall–Kier alpha value is -2.05. The van der Waals surface area contributed by atoms with Gasteiger partial charge in [-0.3, -0.25) is 4.79 Å². The van der Waals surface area contributed by atoms with E-state index in [-0.39, 0.29) is 5.69 Å². The van der Waals surface area contributed by atoms with Crippen molar-refractivity contribution in [1.82, 2.24) is 9.97 Å². The van der Waals surface area contributed by atoms with Crippen LogP contribution in [0.5, 0.6) is 0 Å². The summed E-state index contributed by atoms with van der Waals surface area (Å²) in [5.74, 6) is -0.378. The van der Waals surface area contributed by atoms with Gasteiger partial charge in [-0.05, 0) is 0 Å². The minimum atomic E-state index is -0.894. The molecule has 0 fully saturated rings. The maximum Gasteiger partial charge on any atom is 0.337 e. The Labute approximate surface area is 72.6 Å². The van der Waals surface area contributed by atoms with E-state index in [2.05, 4.69) is 25.8 Å². The first kappa shape index (κ1) is 7.59. The summed E-state index contributed by atoms with van der Waals surface area (Å²) in [4.78, 5) is 28.5. The first-order valence-corrected chi connectivity index (χ1v) is 3.53. The van der Waals surface area contributed by atoms with Crippen molar-refractivity contribution in [2.24, 2.45) is 5.18 Å². The minimum absolute atomic E-state index is 0.00463. The van der Waals surface area contributed by atoms with Crippen molar-refractivity contribution in [3.63, 3.8) is 0 Å². The Morgan fingerprint density at radius 3 is 3.08 bits per heavy atom. The molecule has 0 aromatic carbocycles. The van der Waals surface area contributed by atoms with Crippen LogP contribution in [0.15, 0.2) is 11.5 Å². The molecule has 1 aromatic rings. The molecule has 1 aliphatic heterocycles. The molecule has 7 heteroatoms. The van der Waals surface area contributed by atoms with Gasteiger partial charge in [-0.25, -0.2) is 9.97 Å². The van der Waals surface area contributed by atoms with Crippen LogP contribution in [0.2, 0.25) is 0 Å². The van der Waals surface area contributed by atoms with E-state index in [4.69, 9.17) is 0 Å². The van der Waals surface area contributed by atoms with Gasteiger partial charge < -0.3 is 10.6 Å². The Morgan fingerprint density at radius 1 is 1.46 bits per heavy atom. The molecule has 1 aliphatic rings. The molecule has 66 valence electrons. The summed E-state index contributed by atoms with van der Waals surface area (Å²) in [6, 6.07) is 0. The van der Waals surface area contributed by atoms with Crippen LogP contribution in [-0.4, -0.2) is 22.5 Å². The highest BCUT2D eigenvalue weighted by atomic mass is 16.3. The predicted molar refractivity (Wildman–Crippen MR) is 44.3 cm³/mol. The molecule has 0 saturated heterocycles. The normalized spacial score (nSPS) is 12.6. The number of anilines is 2. The molecule has 1 amide bonds. The van der Waals surface area contributed by atoms with Gasteiger partial charge in [0.05, 0.1) is 6.67 Å².